The summed E-state index contributed by atoms with van der Waals surface area (Å²) in [6.07, 6.45) is -2.88. The highest BCUT2D eigenvalue weighted by Gasteiger charge is 2.36. The monoisotopic (exact) mass is 480 g/mol. The van der Waals surface area contributed by atoms with Gasteiger partial charge >= 0.3 is 6.18 Å². The van der Waals surface area contributed by atoms with Crippen LogP contribution in [0.1, 0.15) is 21.3 Å². The third-order valence-corrected chi connectivity index (χ3v) is 6.75. The molecule has 0 spiro atoms. The van der Waals surface area contributed by atoms with Gasteiger partial charge in [0.25, 0.3) is 6.54 Å². The lowest BCUT2D eigenvalue weighted by molar-refractivity contribution is -0.138. The number of aromatic nitrogens is 4. The van der Waals surface area contributed by atoms with Crippen LogP contribution in [0.3, 0.4) is 0 Å². The summed E-state index contributed by atoms with van der Waals surface area (Å²) < 4.78 is 37.8. The summed E-state index contributed by atoms with van der Waals surface area (Å²) in [5, 5.41) is 12.2. The molecule has 1 saturated heterocycles. The maximum atomic E-state index is 12.6. The SMILES string of the molecule is [C-]#[N+]Cc1nc(CO)sc1-c1csc(CC(=O)C2CN(c3ncc(C(F)(F)F)cn3)C2)n1. The van der Waals surface area contributed by atoms with Crippen LogP contribution < -0.4 is 4.90 Å². The van der Waals surface area contributed by atoms with Crippen LogP contribution in [0.4, 0.5) is 19.1 Å². The van der Waals surface area contributed by atoms with E-state index in [9.17, 15) is 23.1 Å². The first-order valence-electron chi connectivity index (χ1n) is 9.32. The Morgan fingerprint density at radius 1 is 1.25 bits per heavy atom. The Morgan fingerprint density at radius 3 is 2.59 bits per heavy atom. The van der Waals surface area contributed by atoms with Crippen LogP contribution in [-0.4, -0.2) is 43.9 Å². The van der Waals surface area contributed by atoms with Gasteiger partial charge in [0.05, 0.1) is 35.1 Å². The zero-order valence-electron chi connectivity index (χ0n) is 16.3. The van der Waals surface area contributed by atoms with Gasteiger partial charge in [-0.2, -0.15) is 13.2 Å². The third-order valence-electron chi connectivity index (χ3n) is 4.80. The van der Waals surface area contributed by atoms with Gasteiger partial charge in [-0.3, -0.25) is 4.79 Å². The molecule has 0 atom stereocenters. The molecular weight excluding hydrogens is 465 g/mol. The Labute approximate surface area is 188 Å². The summed E-state index contributed by atoms with van der Waals surface area (Å²) >= 11 is 2.60. The Bertz CT molecular complexity index is 1160. The maximum Gasteiger partial charge on any atom is 0.419 e. The molecule has 0 amide bonds. The van der Waals surface area contributed by atoms with Gasteiger partial charge in [-0.15, -0.1) is 22.7 Å². The lowest BCUT2D eigenvalue weighted by atomic mass is 9.94. The van der Waals surface area contributed by atoms with Crippen molar-refractivity contribution in [3.8, 4) is 10.6 Å². The molecule has 32 heavy (non-hydrogen) atoms. The van der Waals surface area contributed by atoms with E-state index in [1.807, 2.05) is 0 Å². The minimum atomic E-state index is -4.49. The number of alkyl halides is 3. The summed E-state index contributed by atoms with van der Waals surface area (Å²) in [4.78, 5) is 34.5. The number of ketones is 1. The van der Waals surface area contributed by atoms with Crippen molar-refractivity contribution in [3.05, 3.63) is 50.5 Å². The average Bonchev–Trinajstić information content (AvgIpc) is 3.33. The number of aliphatic hydroxyl groups excluding tert-OH is 1. The number of hydrogen-bond acceptors (Lipinski definition) is 9. The van der Waals surface area contributed by atoms with Crippen molar-refractivity contribution < 1.29 is 23.1 Å². The molecule has 0 aromatic carbocycles. The quantitative estimate of drug-likeness (QED) is 0.519. The molecule has 1 N–H and O–H groups in total. The summed E-state index contributed by atoms with van der Waals surface area (Å²) in [7, 11) is 0. The number of carbonyl (C=O) groups excluding carboxylic acids is 1. The van der Waals surface area contributed by atoms with Gasteiger partial charge in [-0.25, -0.2) is 26.5 Å². The maximum absolute atomic E-state index is 12.6. The van der Waals surface area contributed by atoms with E-state index in [0.29, 0.717) is 39.4 Å². The van der Waals surface area contributed by atoms with Crippen LogP contribution in [0.25, 0.3) is 15.4 Å². The van der Waals surface area contributed by atoms with Crippen LogP contribution in [0.15, 0.2) is 17.8 Å². The highest BCUT2D eigenvalue weighted by atomic mass is 32.1. The van der Waals surface area contributed by atoms with Crippen LogP contribution in [-0.2, 0) is 30.5 Å². The molecule has 1 aliphatic rings. The Morgan fingerprint density at radius 2 is 1.97 bits per heavy atom. The molecule has 4 heterocycles. The molecule has 0 bridgehead atoms. The summed E-state index contributed by atoms with van der Waals surface area (Å²) in [6.45, 7) is 7.60. The molecule has 0 saturated carbocycles. The largest absolute Gasteiger partial charge is 0.419 e. The molecule has 3 aromatic rings. The van der Waals surface area contributed by atoms with Gasteiger partial charge in [0.1, 0.15) is 21.5 Å². The fraction of sp³-hybridized carbons (Fsp3) is 0.368. The van der Waals surface area contributed by atoms with Gasteiger partial charge < -0.3 is 14.9 Å². The topological polar surface area (TPSA) is 96.5 Å². The minimum absolute atomic E-state index is 0.0178. The van der Waals surface area contributed by atoms with Crippen molar-refractivity contribution in [3.63, 3.8) is 0 Å². The van der Waals surface area contributed by atoms with E-state index in [1.54, 1.807) is 10.3 Å². The summed E-state index contributed by atoms with van der Waals surface area (Å²) in [5.41, 5.74) is 0.269. The zero-order valence-corrected chi connectivity index (χ0v) is 18.0. The normalized spacial score (nSPS) is 14.3. The molecule has 1 aliphatic heterocycles. The number of rotatable bonds is 7. The van der Waals surface area contributed by atoms with Crippen LogP contribution >= 0.6 is 22.7 Å². The Kier molecular flexibility index (Phi) is 6.18. The molecule has 0 unspecified atom stereocenters. The second-order valence-electron chi connectivity index (χ2n) is 7.00. The molecule has 0 radical (unpaired) electrons. The molecule has 0 aliphatic carbocycles. The number of thiazole rings is 2. The van der Waals surface area contributed by atoms with E-state index in [2.05, 4.69) is 24.8 Å². The predicted octanol–water partition coefficient (Wildman–Crippen LogP) is 3.23. The fourth-order valence-electron chi connectivity index (χ4n) is 3.12. The van der Waals surface area contributed by atoms with E-state index in [4.69, 9.17) is 6.57 Å². The Hall–Kier alpha value is -2.95. The van der Waals surface area contributed by atoms with E-state index in [1.165, 1.54) is 22.7 Å². The first-order valence-corrected chi connectivity index (χ1v) is 11.0. The fourth-order valence-corrected chi connectivity index (χ4v) is 4.88. The molecule has 13 heteroatoms. The molecule has 8 nitrogen and oxygen atoms in total. The minimum Gasteiger partial charge on any atom is -0.389 e. The van der Waals surface area contributed by atoms with Crippen LogP contribution in [0, 0.1) is 12.5 Å². The van der Waals surface area contributed by atoms with E-state index >= 15 is 0 Å². The zero-order chi connectivity index (χ0) is 22.9. The molecule has 3 aromatic heterocycles. The predicted molar refractivity (Wildman–Crippen MR) is 111 cm³/mol. The number of halogens is 3. The lowest BCUT2D eigenvalue weighted by Crippen LogP contribution is -2.51. The Balaban J connectivity index is 1.36. The van der Waals surface area contributed by atoms with E-state index < -0.39 is 11.7 Å². The summed E-state index contributed by atoms with van der Waals surface area (Å²) in [5.74, 6) is -0.123. The van der Waals surface area contributed by atoms with E-state index in [-0.39, 0.29) is 37.2 Å². The van der Waals surface area contributed by atoms with Crippen molar-refractivity contribution in [2.75, 3.05) is 18.0 Å². The average molecular weight is 480 g/mol. The second-order valence-corrected chi connectivity index (χ2v) is 9.03. The highest BCUT2D eigenvalue weighted by Crippen LogP contribution is 2.33. The van der Waals surface area contributed by atoms with Gasteiger partial charge in [-0.05, 0) is 0 Å². The van der Waals surface area contributed by atoms with Gasteiger partial charge in [-0.1, -0.05) is 0 Å². The first-order chi connectivity index (χ1) is 15.3. The number of Topliss-reactive ketones (excluding diaryl/α,β-unsaturated/α-hetero) is 1. The molecule has 1 fully saturated rings. The van der Waals surface area contributed by atoms with Gasteiger partial charge in [0.15, 0.2) is 0 Å². The van der Waals surface area contributed by atoms with Crippen LogP contribution in [0.5, 0.6) is 0 Å². The van der Waals surface area contributed by atoms with Gasteiger partial charge in [0.2, 0.25) is 5.95 Å². The van der Waals surface area contributed by atoms with Crippen molar-refractivity contribution in [2.24, 2.45) is 5.92 Å². The molecular formula is C19H15F3N6O2S2. The second kappa shape index (κ2) is 8.89. The standard InChI is InChI=1S/C19H15F3N6O2S2/c1-23-5-12-17(32-16(8-29)26-12)13-9-31-15(27-13)2-14(30)10-6-28(7-10)18-24-3-11(4-25-18)19(20,21)22/h3-4,9-10,29H,2,5-8H2. The number of anilines is 1. The lowest BCUT2D eigenvalue weighted by Gasteiger charge is -2.38. The molecule has 166 valence electrons. The third kappa shape index (κ3) is 4.62. The van der Waals surface area contributed by atoms with E-state index in [0.717, 1.165) is 12.4 Å². The van der Waals surface area contributed by atoms with Crippen molar-refractivity contribution in [1.29, 1.82) is 0 Å². The number of hydrogen-bond donors (Lipinski definition) is 1. The van der Waals surface area contributed by atoms with Crippen molar-refractivity contribution in [2.45, 2.75) is 25.7 Å². The molecule has 4 rings (SSSR count). The van der Waals surface area contributed by atoms with Crippen LogP contribution in [0.2, 0.25) is 0 Å². The van der Waals surface area contributed by atoms with Crippen molar-refractivity contribution >= 4 is 34.4 Å². The number of nitrogens with zero attached hydrogens (tertiary/aromatic N) is 6. The number of aliphatic hydroxyl groups is 1. The smallest absolute Gasteiger partial charge is 0.389 e. The van der Waals surface area contributed by atoms with Crippen molar-refractivity contribution in [1.82, 2.24) is 19.9 Å². The highest BCUT2D eigenvalue weighted by molar-refractivity contribution is 7.16. The number of carbonyl (C=O) groups is 1. The summed E-state index contributed by atoms with van der Waals surface area (Å²) in [6, 6.07) is 0. The van der Waals surface area contributed by atoms with Gasteiger partial charge in [0, 0.05) is 30.9 Å². The first kappa shape index (κ1) is 22.3.